The number of hydrogen-bond donors (Lipinski definition) is 1. The first-order valence-electron chi connectivity index (χ1n) is 7.97. The van der Waals surface area contributed by atoms with Crippen molar-refractivity contribution in [1.29, 1.82) is 0 Å². The maximum absolute atomic E-state index is 6.31. The first kappa shape index (κ1) is 14.7. The summed E-state index contributed by atoms with van der Waals surface area (Å²) in [4.78, 5) is 0. The number of benzene rings is 2. The molecular weight excluding hydrogens is 270 g/mol. The Morgan fingerprint density at radius 2 is 1.77 bits per heavy atom. The van der Waals surface area contributed by atoms with Gasteiger partial charge in [-0.3, -0.25) is 0 Å². The summed E-state index contributed by atoms with van der Waals surface area (Å²) >= 11 is 0. The summed E-state index contributed by atoms with van der Waals surface area (Å²) in [5.74, 6) is 1.89. The van der Waals surface area contributed by atoms with Crippen molar-refractivity contribution in [1.82, 2.24) is 0 Å². The first-order valence-corrected chi connectivity index (χ1v) is 7.97. The summed E-state index contributed by atoms with van der Waals surface area (Å²) in [6, 6.07) is 16.8. The second kappa shape index (κ2) is 5.53. The Morgan fingerprint density at radius 1 is 1.05 bits per heavy atom. The van der Waals surface area contributed by atoms with E-state index in [2.05, 4.69) is 63.2 Å². The molecule has 2 nitrogen and oxygen atoms in total. The number of hydrogen-bond acceptors (Lipinski definition) is 2. The fourth-order valence-corrected chi connectivity index (χ4v) is 3.19. The molecule has 22 heavy (non-hydrogen) atoms. The van der Waals surface area contributed by atoms with E-state index in [0.29, 0.717) is 0 Å². The summed E-state index contributed by atoms with van der Waals surface area (Å²) in [6.45, 7) is 6.49. The van der Waals surface area contributed by atoms with Crippen LogP contribution >= 0.6 is 0 Å². The number of fused-ring (bicyclic) bond motifs is 1. The first-order chi connectivity index (χ1) is 10.6. The molecular formula is C20H23NO. The molecule has 1 heterocycles. The quantitative estimate of drug-likeness (QED) is 0.865. The molecule has 0 saturated heterocycles. The molecule has 1 aliphatic heterocycles. The molecule has 0 saturated carbocycles. The van der Waals surface area contributed by atoms with Crippen molar-refractivity contribution in [3.05, 3.63) is 65.6 Å². The fourth-order valence-electron chi connectivity index (χ4n) is 3.19. The van der Waals surface area contributed by atoms with Crippen LogP contribution in [0.3, 0.4) is 0 Å². The lowest BCUT2D eigenvalue weighted by Gasteiger charge is -2.24. The van der Waals surface area contributed by atoms with Crippen molar-refractivity contribution >= 4 is 0 Å². The van der Waals surface area contributed by atoms with Gasteiger partial charge in [-0.15, -0.1) is 0 Å². The topological polar surface area (TPSA) is 35.2 Å². The Hall–Kier alpha value is -2.22. The van der Waals surface area contributed by atoms with Gasteiger partial charge in [0.2, 0.25) is 0 Å². The van der Waals surface area contributed by atoms with Crippen LogP contribution in [0, 0.1) is 0 Å². The molecule has 3 rings (SSSR count). The molecule has 1 aliphatic rings. The van der Waals surface area contributed by atoms with Crippen LogP contribution in [0.15, 0.2) is 60.0 Å². The standard InChI is InChI=1S/C20H23NO/c1-4-17(21)19-20(3,5-2)16-13-9-12-15(18(16)22-19)14-10-7-6-8-11-14/h6-13H,4-5,21H2,1-3H3/b19-17-. The Balaban J connectivity index is 2.22. The van der Waals surface area contributed by atoms with Crippen molar-refractivity contribution in [2.24, 2.45) is 5.73 Å². The van der Waals surface area contributed by atoms with Crippen molar-refractivity contribution in [3.63, 3.8) is 0 Å². The summed E-state index contributed by atoms with van der Waals surface area (Å²) in [7, 11) is 0. The Labute approximate surface area is 132 Å². The third kappa shape index (κ3) is 2.10. The molecule has 0 spiro atoms. The highest BCUT2D eigenvalue weighted by molar-refractivity contribution is 5.75. The summed E-state index contributed by atoms with van der Waals surface area (Å²) in [5, 5.41) is 0. The van der Waals surface area contributed by atoms with Crippen LogP contribution in [0.5, 0.6) is 5.75 Å². The van der Waals surface area contributed by atoms with E-state index in [1.165, 1.54) is 11.1 Å². The van der Waals surface area contributed by atoms with Gasteiger partial charge in [0.15, 0.2) is 0 Å². The molecule has 1 unspecified atom stereocenters. The van der Waals surface area contributed by atoms with E-state index in [1.54, 1.807) is 0 Å². The zero-order chi connectivity index (χ0) is 15.7. The minimum absolute atomic E-state index is 0.139. The molecule has 114 valence electrons. The van der Waals surface area contributed by atoms with Gasteiger partial charge in [-0.25, -0.2) is 0 Å². The fraction of sp³-hybridized carbons (Fsp3) is 0.300. The summed E-state index contributed by atoms with van der Waals surface area (Å²) in [5.41, 5.74) is 10.5. The SMILES string of the molecule is CC/C(N)=C1/Oc2c(-c3ccccc3)cccc2C1(C)CC. The van der Waals surface area contributed by atoms with Gasteiger partial charge in [-0.2, -0.15) is 0 Å². The van der Waals surface area contributed by atoms with Crippen LogP contribution in [0.2, 0.25) is 0 Å². The highest BCUT2D eigenvalue weighted by Gasteiger charge is 2.42. The molecule has 0 radical (unpaired) electrons. The average Bonchev–Trinajstić information content (AvgIpc) is 2.89. The zero-order valence-electron chi connectivity index (χ0n) is 13.5. The number of para-hydroxylation sites is 1. The Kier molecular flexibility index (Phi) is 3.69. The van der Waals surface area contributed by atoms with Crippen LogP contribution in [0.25, 0.3) is 11.1 Å². The predicted octanol–water partition coefficient (Wildman–Crippen LogP) is 4.99. The van der Waals surface area contributed by atoms with Gasteiger partial charge in [0.25, 0.3) is 0 Å². The van der Waals surface area contributed by atoms with Gasteiger partial charge in [0.05, 0.1) is 5.41 Å². The van der Waals surface area contributed by atoms with Crippen LogP contribution in [-0.4, -0.2) is 0 Å². The monoisotopic (exact) mass is 293 g/mol. The van der Waals surface area contributed by atoms with Gasteiger partial charge < -0.3 is 10.5 Å². The van der Waals surface area contributed by atoms with E-state index >= 15 is 0 Å². The lowest BCUT2D eigenvalue weighted by molar-refractivity contribution is 0.363. The predicted molar refractivity (Wildman–Crippen MR) is 91.7 cm³/mol. The number of ether oxygens (including phenoxy) is 1. The molecule has 0 bridgehead atoms. The normalized spacial score (nSPS) is 22.1. The lowest BCUT2D eigenvalue weighted by atomic mass is 9.78. The summed E-state index contributed by atoms with van der Waals surface area (Å²) < 4.78 is 6.31. The minimum Gasteiger partial charge on any atom is -0.458 e. The van der Waals surface area contributed by atoms with E-state index in [1.807, 2.05) is 6.07 Å². The smallest absolute Gasteiger partial charge is 0.139 e. The van der Waals surface area contributed by atoms with Gasteiger partial charge in [-0.05, 0) is 25.3 Å². The number of allylic oxidation sites excluding steroid dienone is 2. The second-order valence-electron chi connectivity index (χ2n) is 6.04. The van der Waals surface area contributed by atoms with Gasteiger partial charge >= 0.3 is 0 Å². The Morgan fingerprint density at radius 3 is 2.41 bits per heavy atom. The molecule has 2 heteroatoms. The molecule has 0 aromatic heterocycles. The highest BCUT2D eigenvalue weighted by atomic mass is 16.5. The molecule has 2 N–H and O–H groups in total. The summed E-state index contributed by atoms with van der Waals surface area (Å²) in [6.07, 6.45) is 1.77. The number of nitrogens with two attached hydrogens (primary N) is 1. The van der Waals surface area contributed by atoms with Crippen LogP contribution < -0.4 is 10.5 Å². The van der Waals surface area contributed by atoms with Crippen molar-refractivity contribution < 1.29 is 4.74 Å². The maximum atomic E-state index is 6.31. The molecule has 1 atom stereocenters. The molecule has 0 aliphatic carbocycles. The van der Waals surface area contributed by atoms with Crippen LogP contribution in [0.4, 0.5) is 0 Å². The van der Waals surface area contributed by atoms with Crippen molar-refractivity contribution in [2.75, 3.05) is 0 Å². The van der Waals surface area contributed by atoms with Gasteiger partial charge in [-0.1, -0.05) is 62.4 Å². The van der Waals surface area contributed by atoms with Crippen LogP contribution in [-0.2, 0) is 5.41 Å². The minimum atomic E-state index is -0.139. The third-order valence-electron chi connectivity index (χ3n) is 4.78. The number of rotatable bonds is 3. The largest absolute Gasteiger partial charge is 0.458 e. The van der Waals surface area contributed by atoms with Crippen molar-refractivity contribution in [3.8, 4) is 16.9 Å². The molecule has 0 amide bonds. The van der Waals surface area contributed by atoms with E-state index in [0.717, 1.165) is 35.6 Å². The van der Waals surface area contributed by atoms with Crippen molar-refractivity contribution in [2.45, 2.75) is 39.0 Å². The third-order valence-corrected chi connectivity index (χ3v) is 4.78. The lowest BCUT2D eigenvalue weighted by Crippen LogP contribution is -2.24. The van der Waals surface area contributed by atoms with E-state index in [-0.39, 0.29) is 5.41 Å². The average molecular weight is 293 g/mol. The highest BCUT2D eigenvalue weighted by Crippen LogP contribution is 2.51. The zero-order valence-corrected chi connectivity index (χ0v) is 13.5. The molecule has 2 aromatic rings. The van der Waals surface area contributed by atoms with Crippen LogP contribution in [0.1, 0.15) is 39.2 Å². The van der Waals surface area contributed by atoms with Gasteiger partial charge in [0.1, 0.15) is 11.5 Å². The molecule has 0 fully saturated rings. The van der Waals surface area contributed by atoms with E-state index in [9.17, 15) is 0 Å². The molecule has 2 aromatic carbocycles. The second-order valence-corrected chi connectivity index (χ2v) is 6.04. The maximum Gasteiger partial charge on any atom is 0.139 e. The Bertz CT molecular complexity index is 718. The van der Waals surface area contributed by atoms with E-state index < -0.39 is 0 Å². The van der Waals surface area contributed by atoms with Gasteiger partial charge in [0, 0.05) is 16.8 Å². The van der Waals surface area contributed by atoms with E-state index in [4.69, 9.17) is 10.5 Å².